The van der Waals surface area contributed by atoms with Crippen molar-refractivity contribution in [1.29, 1.82) is 0 Å². The normalized spacial score (nSPS) is 13.1. The number of hydrogen-bond acceptors (Lipinski definition) is 3. The van der Waals surface area contributed by atoms with Crippen LogP contribution in [0, 0.1) is 10.1 Å². The van der Waals surface area contributed by atoms with Gasteiger partial charge in [-0.1, -0.05) is 32.7 Å². The Balaban J connectivity index is 5.09. The van der Waals surface area contributed by atoms with Crippen LogP contribution in [0.3, 0.4) is 0 Å². The van der Waals surface area contributed by atoms with Crippen LogP contribution in [0.25, 0.3) is 0 Å². The van der Waals surface area contributed by atoms with Crippen molar-refractivity contribution in [2.75, 3.05) is 7.05 Å². The zero-order valence-corrected chi connectivity index (χ0v) is 12.2. The topological polar surface area (TPSA) is 46.4 Å². The maximum Gasteiger partial charge on any atom is 0.262 e. The lowest BCUT2D eigenvalue weighted by Crippen LogP contribution is -2.23. The van der Waals surface area contributed by atoms with E-state index in [2.05, 4.69) is 6.92 Å². The second-order valence-electron chi connectivity index (χ2n) is 4.31. The first kappa shape index (κ1) is 16.7. The summed E-state index contributed by atoms with van der Waals surface area (Å²) in [6.45, 7) is 7.60. The average Bonchev–Trinajstić information content (AvgIpc) is 2.35. The minimum absolute atomic E-state index is 0.245. The van der Waals surface area contributed by atoms with E-state index in [1.807, 2.05) is 39.0 Å². The molecule has 0 rings (SSSR count). The lowest BCUT2D eigenvalue weighted by Gasteiger charge is -2.24. The summed E-state index contributed by atoms with van der Waals surface area (Å²) in [4.78, 5) is 12.6. The van der Waals surface area contributed by atoms with Crippen LogP contribution in [0.5, 0.6) is 0 Å². The second kappa shape index (κ2) is 8.78. The molecule has 0 aliphatic rings. The molecule has 0 aromatic rings. The van der Waals surface area contributed by atoms with E-state index in [0.717, 1.165) is 37.0 Å². The molecule has 0 aromatic carbocycles. The fourth-order valence-corrected chi connectivity index (χ4v) is 1.95. The number of nitrogens with zero attached hydrogens (tertiary/aromatic N) is 2. The summed E-state index contributed by atoms with van der Waals surface area (Å²) in [5.74, 6) is 0. The minimum atomic E-state index is -0.291. The van der Waals surface area contributed by atoms with Crippen molar-refractivity contribution in [2.45, 2.75) is 53.3 Å². The van der Waals surface area contributed by atoms with Crippen LogP contribution in [-0.4, -0.2) is 24.2 Å². The summed E-state index contributed by atoms with van der Waals surface area (Å²) in [6.07, 6.45) is 5.92. The van der Waals surface area contributed by atoms with Gasteiger partial charge in [0.05, 0.1) is 10.6 Å². The Labute approximate surface area is 111 Å². The molecule has 5 heteroatoms. The maximum absolute atomic E-state index is 11.0. The van der Waals surface area contributed by atoms with Crippen LogP contribution in [0.2, 0.25) is 6.82 Å². The first-order valence-corrected chi connectivity index (χ1v) is 6.53. The van der Waals surface area contributed by atoms with Crippen molar-refractivity contribution in [1.82, 2.24) is 4.90 Å². The predicted octanol–water partition coefficient (Wildman–Crippen LogP) is 3.62. The van der Waals surface area contributed by atoms with Crippen LogP contribution in [0.1, 0.15) is 46.5 Å². The molecule has 0 N–H and O–H groups in total. The third-order valence-corrected chi connectivity index (χ3v) is 3.09. The third kappa shape index (κ3) is 4.94. The van der Waals surface area contributed by atoms with Crippen molar-refractivity contribution in [2.24, 2.45) is 0 Å². The summed E-state index contributed by atoms with van der Waals surface area (Å²) < 4.78 is 0. The van der Waals surface area contributed by atoms with Gasteiger partial charge in [0, 0.05) is 14.0 Å². The zero-order valence-electron chi connectivity index (χ0n) is 12.2. The summed E-state index contributed by atoms with van der Waals surface area (Å²) in [6, 6.07) is 0. The smallest absolute Gasteiger partial charge is 0.262 e. The molecule has 101 valence electrons. The summed E-state index contributed by atoms with van der Waals surface area (Å²) in [5.41, 5.74) is 2.05. The molecule has 0 aromatic heterocycles. The molecule has 1 radical (unpaired) electrons. The largest absolute Gasteiger partial charge is 0.356 e. The molecule has 0 atom stereocenters. The Bertz CT molecular complexity index is 338. The van der Waals surface area contributed by atoms with Gasteiger partial charge < -0.3 is 4.90 Å². The van der Waals surface area contributed by atoms with Gasteiger partial charge in [0.25, 0.3) is 5.70 Å². The number of allylic oxidation sites excluding steroid dienone is 3. The number of rotatable bonds is 8. The fourth-order valence-electron chi connectivity index (χ4n) is 1.95. The SMILES string of the molecule is C[B]/C(=C\C)N(C)/C(CCCCC)=C(\C)[N+](=O)[O-]. The molecule has 18 heavy (non-hydrogen) atoms. The lowest BCUT2D eigenvalue weighted by molar-refractivity contribution is -0.426. The quantitative estimate of drug-likeness (QED) is 0.286. The minimum Gasteiger partial charge on any atom is -0.356 e. The van der Waals surface area contributed by atoms with Crippen LogP contribution in [-0.2, 0) is 0 Å². The molecule has 0 bridgehead atoms. The van der Waals surface area contributed by atoms with E-state index in [1.54, 1.807) is 6.92 Å². The molecule has 0 amide bonds. The molecule has 0 unspecified atom stereocenters. The zero-order chi connectivity index (χ0) is 14.1. The van der Waals surface area contributed by atoms with Gasteiger partial charge in [-0.25, -0.2) is 0 Å². The first-order valence-electron chi connectivity index (χ1n) is 6.53. The molecule has 0 saturated heterocycles. The van der Waals surface area contributed by atoms with Crippen LogP contribution >= 0.6 is 0 Å². The highest BCUT2D eigenvalue weighted by Crippen LogP contribution is 2.20. The van der Waals surface area contributed by atoms with E-state index in [9.17, 15) is 10.1 Å². The van der Waals surface area contributed by atoms with E-state index >= 15 is 0 Å². The molecule has 0 aliphatic heterocycles. The Morgan fingerprint density at radius 1 is 1.44 bits per heavy atom. The van der Waals surface area contributed by atoms with Gasteiger partial charge in [-0.2, -0.15) is 0 Å². The van der Waals surface area contributed by atoms with Crippen LogP contribution < -0.4 is 0 Å². The summed E-state index contributed by atoms with van der Waals surface area (Å²) in [7, 11) is 3.86. The summed E-state index contributed by atoms with van der Waals surface area (Å²) in [5, 5.41) is 11.0. The van der Waals surface area contributed by atoms with E-state index in [1.165, 1.54) is 0 Å². The van der Waals surface area contributed by atoms with Gasteiger partial charge in [0.1, 0.15) is 0 Å². The average molecular weight is 251 g/mol. The highest BCUT2D eigenvalue weighted by Gasteiger charge is 2.18. The van der Waals surface area contributed by atoms with Crippen molar-refractivity contribution in [3.63, 3.8) is 0 Å². The Morgan fingerprint density at radius 3 is 2.44 bits per heavy atom. The molecule has 4 nitrogen and oxygen atoms in total. The van der Waals surface area contributed by atoms with E-state index < -0.39 is 0 Å². The maximum atomic E-state index is 11.0. The van der Waals surface area contributed by atoms with Gasteiger partial charge in [0.15, 0.2) is 7.28 Å². The van der Waals surface area contributed by atoms with Crippen molar-refractivity contribution >= 4 is 7.28 Å². The molecule has 0 fully saturated rings. The molecule has 0 heterocycles. The van der Waals surface area contributed by atoms with E-state index in [0.29, 0.717) is 0 Å². The highest BCUT2D eigenvalue weighted by molar-refractivity contribution is 6.43. The molecule has 0 saturated carbocycles. The van der Waals surface area contributed by atoms with E-state index in [-0.39, 0.29) is 10.6 Å². The van der Waals surface area contributed by atoms with Gasteiger partial charge >= 0.3 is 0 Å². The fraction of sp³-hybridized carbons (Fsp3) is 0.692. The Kier molecular flexibility index (Phi) is 8.17. The van der Waals surface area contributed by atoms with Gasteiger partial charge in [-0.3, -0.25) is 10.1 Å². The van der Waals surface area contributed by atoms with Crippen molar-refractivity contribution < 1.29 is 4.92 Å². The molecule has 0 aliphatic carbocycles. The second-order valence-corrected chi connectivity index (χ2v) is 4.31. The predicted molar refractivity (Wildman–Crippen MR) is 77.0 cm³/mol. The van der Waals surface area contributed by atoms with Gasteiger partial charge in [0.2, 0.25) is 0 Å². The van der Waals surface area contributed by atoms with Gasteiger partial charge in [-0.05, 0) is 25.4 Å². The summed E-state index contributed by atoms with van der Waals surface area (Å²) >= 11 is 0. The Morgan fingerprint density at radius 2 is 2.06 bits per heavy atom. The molecular weight excluding hydrogens is 227 g/mol. The van der Waals surface area contributed by atoms with Crippen molar-refractivity contribution in [3.05, 3.63) is 33.2 Å². The van der Waals surface area contributed by atoms with Crippen molar-refractivity contribution in [3.8, 4) is 0 Å². The standard InChI is InChI=1S/C13H24BN2O2/c1-6-8-9-10-12(11(3)16(17)18)15(5)13(7-2)14-4/h7H,6,8-10H2,1-5H3/b12-11+,13-7+. The van der Waals surface area contributed by atoms with Crippen LogP contribution in [0.15, 0.2) is 23.1 Å². The number of unbranched alkanes of at least 4 members (excludes halogenated alkanes) is 2. The monoisotopic (exact) mass is 251 g/mol. The Hall–Kier alpha value is -1.26. The lowest BCUT2D eigenvalue weighted by atomic mass is 9.76. The number of nitro groups is 1. The first-order chi connectivity index (χ1) is 8.49. The highest BCUT2D eigenvalue weighted by atomic mass is 16.6. The third-order valence-electron chi connectivity index (χ3n) is 3.09. The van der Waals surface area contributed by atoms with Gasteiger partial charge in [-0.15, -0.1) is 0 Å². The number of hydrogen-bond donors (Lipinski definition) is 0. The van der Waals surface area contributed by atoms with E-state index in [4.69, 9.17) is 0 Å². The molecular formula is C13H24BN2O2. The van der Waals surface area contributed by atoms with Crippen LogP contribution in [0.4, 0.5) is 0 Å². The molecule has 0 spiro atoms.